The van der Waals surface area contributed by atoms with Crippen LogP contribution in [0.15, 0.2) is 30.3 Å². The van der Waals surface area contributed by atoms with Gasteiger partial charge in [0, 0.05) is 6.42 Å². The van der Waals surface area contributed by atoms with Gasteiger partial charge < -0.3 is 74.9 Å². The Morgan fingerprint density at radius 2 is 0.883 bits per heavy atom. The predicted molar refractivity (Wildman–Crippen MR) is 288 cm³/mol. The molecule has 0 aliphatic carbocycles. The maximum absolute atomic E-state index is 14.5. The van der Waals surface area contributed by atoms with Crippen molar-refractivity contribution in [3.05, 3.63) is 35.9 Å². The molecule has 1 saturated heterocycles. The lowest BCUT2D eigenvalue weighted by Gasteiger charge is -2.30. The summed E-state index contributed by atoms with van der Waals surface area (Å²) in [5.41, 5.74) is 18.4. The summed E-state index contributed by atoms with van der Waals surface area (Å²) in [4.78, 5) is 141. The molecule has 1 aromatic rings. The number of nitrogens with two attached hydrogens (primary N) is 3. The third-order valence-electron chi connectivity index (χ3n) is 13.1. The molecule has 24 nitrogen and oxygen atoms in total. The van der Waals surface area contributed by atoms with Crippen LogP contribution < -0.4 is 65.1 Å². The Labute approximate surface area is 453 Å². The molecule has 1 fully saturated rings. The van der Waals surface area contributed by atoms with E-state index >= 15 is 0 Å². The molecule has 1 aliphatic heterocycles. The first kappa shape index (κ1) is 66.9. The zero-order valence-corrected chi connectivity index (χ0v) is 46.7. The molecule has 24 heteroatoms. The summed E-state index contributed by atoms with van der Waals surface area (Å²) in [5.74, 6) is -10.1. The summed E-state index contributed by atoms with van der Waals surface area (Å²) < 4.78 is 5.69. The normalized spacial score (nSPS) is 26.5. The largest absolute Gasteiger partial charge is 0.460 e. The van der Waals surface area contributed by atoms with Crippen molar-refractivity contribution in [2.24, 2.45) is 46.8 Å². The van der Waals surface area contributed by atoms with Gasteiger partial charge in [-0.3, -0.25) is 43.2 Å². The van der Waals surface area contributed by atoms with Gasteiger partial charge in [-0.25, -0.2) is 4.79 Å². The van der Waals surface area contributed by atoms with Gasteiger partial charge in [0.15, 0.2) is 6.04 Å². The number of esters is 1. The summed E-state index contributed by atoms with van der Waals surface area (Å²) in [6.07, 6.45) is -1.43. The first-order chi connectivity index (χ1) is 36.3. The van der Waals surface area contributed by atoms with Gasteiger partial charge in [-0.05, 0) is 86.9 Å². The summed E-state index contributed by atoms with van der Waals surface area (Å²) >= 11 is 0. The number of benzene rings is 1. The highest BCUT2D eigenvalue weighted by atomic mass is 16.5. The molecule has 0 spiro atoms. The van der Waals surface area contributed by atoms with Crippen molar-refractivity contribution in [2.75, 3.05) is 26.2 Å². The van der Waals surface area contributed by atoms with Gasteiger partial charge in [0.2, 0.25) is 53.2 Å². The van der Waals surface area contributed by atoms with Crippen molar-refractivity contribution >= 4 is 59.1 Å². The molecule has 9 amide bonds. The van der Waals surface area contributed by atoms with Crippen LogP contribution in [-0.4, -0.2) is 151 Å². The highest BCUT2D eigenvalue weighted by molar-refractivity contribution is 5.98. The van der Waals surface area contributed by atoms with Gasteiger partial charge in [0.1, 0.15) is 54.4 Å². The average molecular weight is 1090 g/mol. The minimum atomic E-state index is -1.65. The maximum atomic E-state index is 14.5. The summed E-state index contributed by atoms with van der Waals surface area (Å²) in [7, 11) is 0. The second kappa shape index (κ2) is 33.8. The minimum absolute atomic E-state index is 0.0532. The zero-order chi connectivity index (χ0) is 58.1. The smallest absolute Gasteiger partial charge is 0.331 e. The van der Waals surface area contributed by atoms with Crippen molar-refractivity contribution in [1.29, 1.82) is 0 Å². The summed E-state index contributed by atoms with van der Waals surface area (Å²) in [6.45, 7) is 16.1. The lowest BCUT2D eigenvalue weighted by molar-refractivity contribution is -0.158. The standard InChI is InChI=1S/C53H90N12O12/c1-11-32(10)44-52(75)59-35(18-21-55)45(68)61-39(25-33-15-13-12-14-16-33)50(73)60-37(23-28(2)3)48(71)58-36(19-22-56)47(70)64-43(31(8)9)51(74)62-38(24-29(4)5)49(72)63-40(27-66)53(76)77-41(30(6)7)26-42(67)57-34(17-20-54)46(69)65-44/h12-16,28-32,34-41,43-44,66H,11,17-27,54-56H2,1-10H3,(H,57,67)(H,58,71)(H,59,75)(H,60,73)(H,61,68)(H,62,74)(H,63,72)(H,64,70)(H,65,69). The first-order valence-electron chi connectivity index (χ1n) is 27.0. The van der Waals surface area contributed by atoms with Crippen LogP contribution in [0.4, 0.5) is 0 Å². The summed E-state index contributed by atoms with van der Waals surface area (Å²) in [6, 6.07) is -3.27. The Hall–Kier alpha value is -6.24. The molecule has 0 bridgehead atoms. The molecule has 11 unspecified atom stereocenters. The Balaban J connectivity index is 2.80. The van der Waals surface area contributed by atoms with Crippen LogP contribution in [0.25, 0.3) is 0 Å². The lowest BCUT2D eigenvalue weighted by atomic mass is 9.96. The van der Waals surface area contributed by atoms with Crippen molar-refractivity contribution in [1.82, 2.24) is 47.9 Å². The van der Waals surface area contributed by atoms with Crippen molar-refractivity contribution < 1.29 is 57.8 Å². The van der Waals surface area contributed by atoms with Gasteiger partial charge in [-0.1, -0.05) is 106 Å². The number of aliphatic hydroxyl groups is 1. The number of ether oxygens (including phenoxy) is 1. The molecule has 0 saturated carbocycles. The Morgan fingerprint density at radius 1 is 0.494 bits per heavy atom. The van der Waals surface area contributed by atoms with Crippen LogP contribution in [0.3, 0.4) is 0 Å². The quantitative estimate of drug-likeness (QED) is 0.0782. The number of rotatable bonds is 17. The van der Waals surface area contributed by atoms with E-state index in [4.69, 9.17) is 21.9 Å². The Kier molecular flexibility index (Phi) is 29.4. The molecule has 16 N–H and O–H groups in total. The number of hydrogen-bond donors (Lipinski definition) is 13. The fourth-order valence-electron chi connectivity index (χ4n) is 8.39. The molecule has 77 heavy (non-hydrogen) atoms. The van der Waals surface area contributed by atoms with Crippen molar-refractivity contribution in [3.63, 3.8) is 0 Å². The molecule has 2 rings (SSSR count). The predicted octanol–water partition coefficient (Wildman–Crippen LogP) is -1.60. The van der Waals surface area contributed by atoms with E-state index in [1.807, 2.05) is 13.8 Å². The molecule has 0 radical (unpaired) electrons. The van der Waals surface area contributed by atoms with E-state index in [0.717, 1.165) is 0 Å². The molecule has 434 valence electrons. The molecular formula is C53H90N12O12. The van der Waals surface area contributed by atoms with E-state index in [-0.39, 0.29) is 70.0 Å². The van der Waals surface area contributed by atoms with Crippen LogP contribution in [0.5, 0.6) is 0 Å². The fraction of sp³-hybridized carbons (Fsp3) is 0.698. The number of hydrogen-bond acceptors (Lipinski definition) is 15. The van der Waals surface area contributed by atoms with Crippen LogP contribution in [-0.2, 0) is 59.1 Å². The van der Waals surface area contributed by atoms with Crippen LogP contribution in [0, 0.1) is 29.6 Å². The van der Waals surface area contributed by atoms with Gasteiger partial charge in [-0.15, -0.1) is 0 Å². The van der Waals surface area contributed by atoms with E-state index in [1.165, 1.54) is 0 Å². The Morgan fingerprint density at radius 3 is 1.34 bits per heavy atom. The molecular weight excluding hydrogens is 997 g/mol. The van der Waals surface area contributed by atoms with Crippen LogP contribution in [0.1, 0.15) is 120 Å². The number of amides is 9. The molecule has 1 aromatic carbocycles. The van der Waals surface area contributed by atoms with E-state index in [9.17, 15) is 53.1 Å². The number of nitrogens with one attached hydrogen (secondary N) is 9. The third-order valence-corrected chi connectivity index (χ3v) is 13.1. The molecule has 11 atom stereocenters. The van der Waals surface area contributed by atoms with E-state index in [2.05, 4.69) is 47.9 Å². The van der Waals surface area contributed by atoms with Gasteiger partial charge >= 0.3 is 5.97 Å². The van der Waals surface area contributed by atoms with E-state index in [1.54, 1.807) is 85.7 Å². The van der Waals surface area contributed by atoms with Crippen LogP contribution in [0.2, 0.25) is 0 Å². The first-order valence-corrected chi connectivity index (χ1v) is 27.0. The van der Waals surface area contributed by atoms with Gasteiger partial charge in [-0.2, -0.15) is 0 Å². The summed E-state index contributed by atoms with van der Waals surface area (Å²) in [5, 5.41) is 34.3. The third kappa shape index (κ3) is 22.7. The molecule has 1 heterocycles. The number of cyclic esters (lactones) is 1. The second-order valence-corrected chi connectivity index (χ2v) is 21.4. The average Bonchev–Trinajstić information content (AvgIpc) is 3.36. The lowest BCUT2D eigenvalue weighted by Crippen LogP contribution is -2.61. The Bertz CT molecular complexity index is 2110. The van der Waals surface area contributed by atoms with Crippen LogP contribution >= 0.6 is 0 Å². The van der Waals surface area contributed by atoms with Gasteiger partial charge in [0.25, 0.3) is 0 Å². The highest BCUT2D eigenvalue weighted by Crippen LogP contribution is 2.16. The molecule has 0 aromatic heterocycles. The topological polar surface area (TPSA) is 386 Å². The molecule has 1 aliphatic rings. The van der Waals surface area contributed by atoms with Crippen molar-refractivity contribution in [3.8, 4) is 0 Å². The van der Waals surface area contributed by atoms with E-state index < -0.39 is 150 Å². The number of carbonyl (C=O) groups is 10. The van der Waals surface area contributed by atoms with Gasteiger partial charge in [0.05, 0.1) is 13.0 Å². The zero-order valence-electron chi connectivity index (χ0n) is 46.7. The minimum Gasteiger partial charge on any atom is -0.460 e. The second-order valence-electron chi connectivity index (χ2n) is 21.4. The highest BCUT2D eigenvalue weighted by Gasteiger charge is 2.38. The monoisotopic (exact) mass is 1090 g/mol. The van der Waals surface area contributed by atoms with Crippen molar-refractivity contribution in [2.45, 2.75) is 181 Å². The number of carbonyl (C=O) groups excluding carboxylic acids is 10. The fourth-order valence-corrected chi connectivity index (χ4v) is 8.39. The van der Waals surface area contributed by atoms with E-state index in [0.29, 0.717) is 12.0 Å². The maximum Gasteiger partial charge on any atom is 0.331 e. The number of aliphatic hydroxyl groups excluding tert-OH is 1. The SMILES string of the molecule is CCC(C)C1NC(=O)C(CCN)NC(=O)CC(C(C)C)OC(=O)C(CO)NC(=O)C(CC(C)C)NC(=O)C(C(C)C)NC(=O)C(CCN)NC(=O)C(CC(C)C)NC(=O)C(Cc2ccccc2)NC(=O)C(CCN)NC1=O.